The predicted molar refractivity (Wildman–Crippen MR) is 109 cm³/mol. The summed E-state index contributed by atoms with van der Waals surface area (Å²) >= 11 is 1.31. The zero-order valence-corrected chi connectivity index (χ0v) is 17.0. The van der Waals surface area contributed by atoms with Crippen molar-refractivity contribution in [2.45, 2.75) is 34.2 Å². The Labute approximate surface area is 166 Å². The second kappa shape index (κ2) is 7.93. The van der Waals surface area contributed by atoms with Crippen LogP contribution >= 0.6 is 11.3 Å². The average Bonchev–Trinajstić information content (AvgIpc) is 2.92. The number of benzene rings is 1. The molecule has 2 heterocycles. The standard InChI is InChI=1S/C20H21N3O4S/c1-5-27-20(26)17-11(2)12(3)28-18(17)22-16(24)10-23-13(4)21-15-9-7-6-8-14(15)19(23)25/h6-9H,5,10H2,1-4H3,(H,22,24). The number of nitrogens with zero attached hydrogens (tertiary/aromatic N) is 2. The molecule has 1 aromatic carbocycles. The zero-order valence-electron chi connectivity index (χ0n) is 16.2. The second-order valence-corrected chi connectivity index (χ2v) is 7.55. The van der Waals surface area contributed by atoms with Gasteiger partial charge in [0.25, 0.3) is 5.56 Å². The zero-order chi connectivity index (χ0) is 20.4. The largest absolute Gasteiger partial charge is 0.462 e. The van der Waals surface area contributed by atoms with Crippen LogP contribution in [0.4, 0.5) is 5.00 Å². The van der Waals surface area contributed by atoms with Crippen molar-refractivity contribution in [1.29, 1.82) is 0 Å². The summed E-state index contributed by atoms with van der Waals surface area (Å²) in [6, 6.07) is 7.01. The Kier molecular flexibility index (Phi) is 5.60. The highest BCUT2D eigenvalue weighted by Crippen LogP contribution is 2.33. The van der Waals surface area contributed by atoms with Crippen LogP contribution in [0.25, 0.3) is 10.9 Å². The van der Waals surface area contributed by atoms with Gasteiger partial charge in [0.05, 0.1) is 23.1 Å². The van der Waals surface area contributed by atoms with E-state index in [0.29, 0.717) is 27.3 Å². The first-order chi connectivity index (χ1) is 13.3. The van der Waals surface area contributed by atoms with Crippen molar-refractivity contribution in [3.63, 3.8) is 0 Å². The molecule has 28 heavy (non-hydrogen) atoms. The number of fused-ring (bicyclic) bond motifs is 1. The lowest BCUT2D eigenvalue weighted by Crippen LogP contribution is -2.30. The first-order valence-corrected chi connectivity index (χ1v) is 9.68. The van der Waals surface area contributed by atoms with Crippen molar-refractivity contribution in [1.82, 2.24) is 9.55 Å². The molecule has 0 bridgehead atoms. The van der Waals surface area contributed by atoms with Gasteiger partial charge in [-0.25, -0.2) is 9.78 Å². The fourth-order valence-corrected chi connectivity index (χ4v) is 4.00. The van der Waals surface area contributed by atoms with Crippen LogP contribution in [0.5, 0.6) is 0 Å². The molecule has 0 saturated carbocycles. The lowest BCUT2D eigenvalue weighted by Gasteiger charge is -2.11. The highest BCUT2D eigenvalue weighted by atomic mass is 32.1. The van der Waals surface area contributed by atoms with E-state index >= 15 is 0 Å². The van der Waals surface area contributed by atoms with E-state index in [4.69, 9.17) is 4.74 Å². The molecular weight excluding hydrogens is 378 g/mol. The third-order valence-corrected chi connectivity index (χ3v) is 5.59. The van der Waals surface area contributed by atoms with Crippen molar-refractivity contribution in [2.24, 2.45) is 0 Å². The summed E-state index contributed by atoms with van der Waals surface area (Å²) in [5, 5.41) is 3.64. The van der Waals surface area contributed by atoms with E-state index in [1.54, 1.807) is 32.0 Å². The second-order valence-electron chi connectivity index (χ2n) is 6.32. The number of rotatable bonds is 5. The number of esters is 1. The molecule has 2 aromatic heterocycles. The van der Waals surface area contributed by atoms with Gasteiger partial charge in [-0.15, -0.1) is 11.3 Å². The Morgan fingerprint density at radius 1 is 1.21 bits per heavy atom. The lowest BCUT2D eigenvalue weighted by molar-refractivity contribution is -0.116. The van der Waals surface area contributed by atoms with Gasteiger partial charge in [0, 0.05) is 4.88 Å². The SMILES string of the molecule is CCOC(=O)c1c(NC(=O)Cn2c(C)nc3ccccc3c2=O)sc(C)c1C. The van der Waals surface area contributed by atoms with E-state index in [1.165, 1.54) is 15.9 Å². The lowest BCUT2D eigenvalue weighted by atomic mass is 10.1. The van der Waals surface area contributed by atoms with E-state index < -0.39 is 11.9 Å². The summed E-state index contributed by atoms with van der Waals surface area (Å²) in [6.45, 7) is 7.16. The maximum atomic E-state index is 12.7. The number of ether oxygens (including phenoxy) is 1. The van der Waals surface area contributed by atoms with Gasteiger partial charge in [-0.05, 0) is 45.4 Å². The number of carbonyl (C=O) groups is 2. The van der Waals surface area contributed by atoms with Crippen LogP contribution in [0.2, 0.25) is 0 Å². The Morgan fingerprint density at radius 2 is 1.93 bits per heavy atom. The van der Waals surface area contributed by atoms with E-state index in [9.17, 15) is 14.4 Å². The molecule has 0 atom stereocenters. The van der Waals surface area contributed by atoms with Gasteiger partial charge in [-0.3, -0.25) is 14.2 Å². The van der Waals surface area contributed by atoms with Gasteiger partial charge >= 0.3 is 5.97 Å². The number of nitrogens with one attached hydrogen (secondary N) is 1. The van der Waals surface area contributed by atoms with Gasteiger partial charge in [0.1, 0.15) is 17.4 Å². The molecule has 0 aliphatic heterocycles. The molecule has 0 spiro atoms. The van der Waals surface area contributed by atoms with Crippen LogP contribution in [-0.2, 0) is 16.1 Å². The average molecular weight is 399 g/mol. The quantitative estimate of drug-likeness (QED) is 0.666. The number of hydrogen-bond acceptors (Lipinski definition) is 6. The third kappa shape index (κ3) is 3.68. The number of aryl methyl sites for hydroxylation is 2. The van der Waals surface area contributed by atoms with E-state index in [0.717, 1.165) is 10.4 Å². The van der Waals surface area contributed by atoms with Crippen molar-refractivity contribution in [3.05, 3.63) is 56.4 Å². The summed E-state index contributed by atoms with van der Waals surface area (Å²) in [5.41, 5.74) is 1.45. The van der Waals surface area contributed by atoms with Crippen LogP contribution < -0.4 is 10.9 Å². The molecule has 3 aromatic rings. The minimum absolute atomic E-state index is 0.194. The maximum Gasteiger partial charge on any atom is 0.341 e. The smallest absolute Gasteiger partial charge is 0.341 e. The number of aromatic nitrogens is 2. The van der Waals surface area contributed by atoms with Gasteiger partial charge in [0.15, 0.2) is 0 Å². The first kappa shape index (κ1) is 19.8. The molecule has 1 N–H and O–H groups in total. The summed E-state index contributed by atoms with van der Waals surface area (Å²) in [4.78, 5) is 42.9. The molecule has 0 unspecified atom stereocenters. The van der Waals surface area contributed by atoms with Crippen molar-refractivity contribution in [2.75, 3.05) is 11.9 Å². The molecule has 0 aliphatic rings. The molecule has 7 nitrogen and oxygen atoms in total. The van der Waals surface area contributed by atoms with Gasteiger partial charge in [0.2, 0.25) is 5.91 Å². The normalized spacial score (nSPS) is 10.9. The number of para-hydroxylation sites is 1. The summed E-state index contributed by atoms with van der Waals surface area (Å²) < 4.78 is 6.43. The van der Waals surface area contributed by atoms with E-state index in [1.807, 2.05) is 19.9 Å². The fraction of sp³-hybridized carbons (Fsp3) is 0.300. The molecule has 0 radical (unpaired) electrons. The maximum absolute atomic E-state index is 12.7. The first-order valence-electron chi connectivity index (χ1n) is 8.86. The fourth-order valence-electron chi connectivity index (χ4n) is 2.94. The summed E-state index contributed by atoms with van der Waals surface area (Å²) in [7, 11) is 0. The van der Waals surface area contributed by atoms with Crippen LogP contribution in [0.3, 0.4) is 0 Å². The number of hydrogen-bond donors (Lipinski definition) is 1. The Hall–Kier alpha value is -3.00. The minimum Gasteiger partial charge on any atom is -0.462 e. The Balaban J connectivity index is 1.90. The summed E-state index contributed by atoms with van der Waals surface area (Å²) in [6.07, 6.45) is 0. The van der Waals surface area contributed by atoms with Crippen LogP contribution in [0.1, 0.15) is 33.5 Å². The molecule has 3 rings (SSSR count). The van der Waals surface area contributed by atoms with Crippen molar-refractivity contribution < 1.29 is 14.3 Å². The van der Waals surface area contributed by atoms with Gasteiger partial charge in [-0.1, -0.05) is 12.1 Å². The minimum atomic E-state index is -0.472. The third-order valence-electron chi connectivity index (χ3n) is 4.47. The van der Waals surface area contributed by atoms with Crippen molar-refractivity contribution in [3.8, 4) is 0 Å². The van der Waals surface area contributed by atoms with Crippen molar-refractivity contribution >= 4 is 39.1 Å². The molecule has 8 heteroatoms. The molecule has 1 amide bonds. The molecule has 146 valence electrons. The van der Waals surface area contributed by atoms with Crippen LogP contribution in [0, 0.1) is 20.8 Å². The summed E-state index contributed by atoms with van der Waals surface area (Å²) in [5.74, 6) is -0.433. The highest BCUT2D eigenvalue weighted by Gasteiger charge is 2.22. The molecular formula is C20H21N3O4S. The number of anilines is 1. The van der Waals surface area contributed by atoms with E-state index in [-0.39, 0.29) is 18.7 Å². The molecule has 0 fully saturated rings. The Morgan fingerprint density at radius 3 is 2.64 bits per heavy atom. The van der Waals surface area contributed by atoms with Crippen LogP contribution in [-0.4, -0.2) is 28.0 Å². The number of amides is 1. The predicted octanol–water partition coefficient (Wildman–Crippen LogP) is 3.20. The van der Waals surface area contributed by atoms with Gasteiger partial charge in [-0.2, -0.15) is 0 Å². The molecule has 0 saturated heterocycles. The highest BCUT2D eigenvalue weighted by molar-refractivity contribution is 7.16. The van der Waals surface area contributed by atoms with Gasteiger partial charge < -0.3 is 10.1 Å². The monoisotopic (exact) mass is 399 g/mol. The number of carbonyl (C=O) groups excluding carboxylic acids is 2. The Bertz CT molecular complexity index is 1130. The molecule has 0 aliphatic carbocycles. The van der Waals surface area contributed by atoms with E-state index in [2.05, 4.69) is 10.3 Å². The topological polar surface area (TPSA) is 90.3 Å². The number of thiophene rings is 1. The van der Waals surface area contributed by atoms with Crippen LogP contribution in [0.15, 0.2) is 29.1 Å².